The molecule has 0 aliphatic carbocycles. The number of carbonyl (C=O) groups is 2. The zero-order valence-electron chi connectivity index (χ0n) is 24.9. The molecule has 0 heterocycles. The summed E-state index contributed by atoms with van der Waals surface area (Å²) in [5.74, 6) is -1.63. The quantitative estimate of drug-likeness (QED) is 0.168. The van der Waals surface area contributed by atoms with Crippen LogP contribution in [0.15, 0.2) is 108 Å². The van der Waals surface area contributed by atoms with Gasteiger partial charge in [-0.2, -0.15) is 0 Å². The van der Waals surface area contributed by atoms with Crippen molar-refractivity contribution < 1.29 is 22.4 Å². The Kier molecular flexibility index (Phi) is 11.6. The van der Waals surface area contributed by atoms with Crippen LogP contribution in [0.3, 0.4) is 0 Å². The molecule has 0 saturated carbocycles. The highest BCUT2D eigenvalue weighted by Crippen LogP contribution is 2.27. The van der Waals surface area contributed by atoms with Crippen LogP contribution >= 0.6 is 23.2 Å². The smallest absolute Gasteiger partial charge is 0.264 e. The van der Waals surface area contributed by atoms with Crippen LogP contribution in [0.2, 0.25) is 10.0 Å². The van der Waals surface area contributed by atoms with E-state index in [1.165, 1.54) is 4.90 Å². The lowest BCUT2D eigenvalue weighted by molar-refractivity contribution is -0.140. The maximum Gasteiger partial charge on any atom is 0.264 e. The fourth-order valence-corrected chi connectivity index (χ4v) is 6.57. The molecule has 0 unspecified atom stereocenters. The molecule has 7 nitrogen and oxygen atoms in total. The third-order valence-corrected chi connectivity index (χ3v) is 9.73. The van der Waals surface area contributed by atoms with E-state index in [-0.39, 0.29) is 35.5 Å². The first-order chi connectivity index (χ1) is 21.5. The minimum Gasteiger partial charge on any atom is -0.352 e. The third-order valence-electron chi connectivity index (χ3n) is 7.35. The van der Waals surface area contributed by atoms with E-state index in [9.17, 15) is 22.4 Å². The molecule has 0 aliphatic rings. The summed E-state index contributed by atoms with van der Waals surface area (Å²) in [5.41, 5.74) is 1.56. The van der Waals surface area contributed by atoms with Crippen LogP contribution in [0.1, 0.15) is 31.4 Å². The standard InChI is InChI=1S/C34H34Cl2FN3O4S/c1-3-24(2)38-34(42)32(20-25-10-6-4-7-11-25)39(22-26-14-15-27(35)21-31(26)36)33(41)23-40(29-12-8-5-9-13-29)45(43,44)30-18-16-28(37)17-19-30/h4-19,21,24,32H,3,20,22-23H2,1-2H3,(H,38,42)/t24-,32-/m0/s1. The van der Waals surface area contributed by atoms with Gasteiger partial charge in [0.25, 0.3) is 10.0 Å². The van der Waals surface area contributed by atoms with Crippen molar-refractivity contribution in [3.05, 3.63) is 130 Å². The van der Waals surface area contributed by atoms with Gasteiger partial charge in [-0.3, -0.25) is 13.9 Å². The molecule has 0 radical (unpaired) electrons. The number of nitrogens with one attached hydrogen (secondary N) is 1. The Bertz CT molecular complexity index is 1710. The normalized spacial score (nSPS) is 12.6. The Labute approximate surface area is 273 Å². The van der Waals surface area contributed by atoms with Gasteiger partial charge in [0.2, 0.25) is 11.8 Å². The van der Waals surface area contributed by atoms with Crippen molar-refractivity contribution >= 4 is 50.7 Å². The van der Waals surface area contributed by atoms with Gasteiger partial charge < -0.3 is 10.2 Å². The Morgan fingerprint density at radius 1 is 0.889 bits per heavy atom. The summed E-state index contributed by atoms with van der Waals surface area (Å²) in [6.45, 7) is 3.06. The summed E-state index contributed by atoms with van der Waals surface area (Å²) in [6.07, 6.45) is 0.828. The molecule has 0 aliphatic heterocycles. The Morgan fingerprint density at radius 2 is 1.51 bits per heavy atom. The number of hydrogen-bond donors (Lipinski definition) is 1. The Hall–Kier alpha value is -3.92. The molecule has 2 atom stereocenters. The van der Waals surface area contributed by atoms with Gasteiger partial charge in [0, 0.05) is 29.1 Å². The number of rotatable bonds is 13. The lowest BCUT2D eigenvalue weighted by atomic mass is 10.0. The summed E-state index contributed by atoms with van der Waals surface area (Å²) in [5, 5.41) is 3.68. The number of benzene rings is 4. The van der Waals surface area contributed by atoms with Crippen molar-refractivity contribution in [3.8, 4) is 0 Å². The van der Waals surface area contributed by atoms with Crippen molar-refractivity contribution in [2.45, 2.75) is 50.2 Å². The van der Waals surface area contributed by atoms with Crippen molar-refractivity contribution in [2.75, 3.05) is 10.8 Å². The van der Waals surface area contributed by atoms with Gasteiger partial charge in [-0.25, -0.2) is 12.8 Å². The van der Waals surface area contributed by atoms with Crippen molar-refractivity contribution in [2.24, 2.45) is 0 Å². The summed E-state index contributed by atoms with van der Waals surface area (Å²) in [6, 6.07) is 25.4. The number of halogens is 3. The first kappa shape index (κ1) is 34.0. The van der Waals surface area contributed by atoms with Gasteiger partial charge in [-0.15, -0.1) is 0 Å². The minimum absolute atomic E-state index is 0.0977. The topological polar surface area (TPSA) is 86.8 Å². The second kappa shape index (κ2) is 15.4. The highest BCUT2D eigenvalue weighted by molar-refractivity contribution is 7.92. The highest BCUT2D eigenvalue weighted by Gasteiger charge is 2.35. The zero-order chi connectivity index (χ0) is 32.6. The molecule has 4 aromatic rings. The first-order valence-electron chi connectivity index (χ1n) is 14.4. The molecule has 236 valence electrons. The number of sulfonamides is 1. The van der Waals surface area contributed by atoms with Crippen LogP contribution in [0, 0.1) is 5.82 Å². The second-order valence-corrected chi connectivity index (χ2v) is 13.3. The number of nitrogens with zero attached hydrogens (tertiary/aromatic N) is 2. The van der Waals surface area contributed by atoms with E-state index in [4.69, 9.17) is 23.2 Å². The molecular formula is C34H34Cl2FN3O4S. The number of amides is 2. The Morgan fingerprint density at radius 3 is 2.11 bits per heavy atom. The fraction of sp³-hybridized carbons (Fsp3) is 0.235. The van der Waals surface area contributed by atoms with Gasteiger partial charge in [-0.05, 0) is 73.0 Å². The molecule has 1 N–H and O–H groups in total. The van der Waals surface area contributed by atoms with E-state index >= 15 is 0 Å². The summed E-state index contributed by atoms with van der Waals surface area (Å²) >= 11 is 12.7. The van der Waals surface area contributed by atoms with Crippen LogP contribution < -0.4 is 9.62 Å². The molecular weight excluding hydrogens is 636 g/mol. The van der Waals surface area contributed by atoms with Gasteiger partial charge in [0.15, 0.2) is 0 Å². The molecule has 0 saturated heterocycles. The monoisotopic (exact) mass is 669 g/mol. The van der Waals surface area contributed by atoms with Crippen molar-refractivity contribution in [3.63, 3.8) is 0 Å². The molecule has 11 heteroatoms. The minimum atomic E-state index is -4.34. The third kappa shape index (κ3) is 8.84. The van der Waals surface area contributed by atoms with E-state index in [0.29, 0.717) is 22.0 Å². The predicted molar refractivity (Wildman–Crippen MR) is 176 cm³/mol. The molecule has 4 rings (SSSR count). The van der Waals surface area contributed by atoms with Crippen LogP contribution in [0.5, 0.6) is 0 Å². The van der Waals surface area contributed by atoms with Crippen molar-refractivity contribution in [1.29, 1.82) is 0 Å². The van der Waals surface area contributed by atoms with E-state index in [2.05, 4.69) is 5.32 Å². The van der Waals surface area contributed by atoms with E-state index in [1.54, 1.807) is 48.5 Å². The molecule has 45 heavy (non-hydrogen) atoms. The van der Waals surface area contributed by atoms with Crippen molar-refractivity contribution in [1.82, 2.24) is 10.2 Å². The molecule has 0 aromatic heterocycles. The van der Waals surface area contributed by atoms with Gasteiger partial charge in [-0.1, -0.05) is 84.7 Å². The van der Waals surface area contributed by atoms with Gasteiger partial charge in [0.1, 0.15) is 18.4 Å². The second-order valence-electron chi connectivity index (χ2n) is 10.6. The molecule has 0 fully saturated rings. The summed E-state index contributed by atoms with van der Waals surface area (Å²) in [7, 11) is -4.34. The number of anilines is 1. The van der Waals surface area contributed by atoms with Crippen LogP contribution in [-0.2, 0) is 32.6 Å². The summed E-state index contributed by atoms with van der Waals surface area (Å²) in [4.78, 5) is 29.5. The number of para-hydroxylation sites is 1. The van der Waals surface area contributed by atoms with E-state index in [0.717, 1.165) is 34.1 Å². The average Bonchev–Trinajstić information content (AvgIpc) is 3.03. The van der Waals surface area contributed by atoms with Crippen LogP contribution in [-0.4, -0.2) is 43.8 Å². The van der Waals surface area contributed by atoms with Gasteiger partial charge in [0.05, 0.1) is 10.6 Å². The van der Waals surface area contributed by atoms with Gasteiger partial charge >= 0.3 is 0 Å². The molecule has 4 aromatic carbocycles. The van der Waals surface area contributed by atoms with Crippen LogP contribution in [0.25, 0.3) is 0 Å². The summed E-state index contributed by atoms with van der Waals surface area (Å²) < 4.78 is 42.6. The maximum absolute atomic E-state index is 14.4. The van der Waals surface area contributed by atoms with E-state index < -0.39 is 34.3 Å². The lowest BCUT2D eigenvalue weighted by Crippen LogP contribution is -2.54. The van der Waals surface area contributed by atoms with Crippen LogP contribution in [0.4, 0.5) is 10.1 Å². The lowest BCUT2D eigenvalue weighted by Gasteiger charge is -2.34. The highest BCUT2D eigenvalue weighted by atomic mass is 35.5. The SMILES string of the molecule is CC[C@H](C)NC(=O)[C@H](Cc1ccccc1)N(Cc1ccc(Cl)cc1Cl)C(=O)CN(c1ccccc1)S(=O)(=O)c1ccc(F)cc1. The molecule has 0 bridgehead atoms. The largest absolute Gasteiger partial charge is 0.352 e. The number of carbonyl (C=O) groups excluding carboxylic acids is 2. The maximum atomic E-state index is 14.4. The average molecular weight is 671 g/mol. The fourth-order valence-electron chi connectivity index (χ4n) is 4.69. The first-order valence-corrected chi connectivity index (χ1v) is 16.6. The predicted octanol–water partition coefficient (Wildman–Crippen LogP) is 6.88. The van der Waals surface area contributed by atoms with E-state index in [1.807, 2.05) is 44.2 Å². The molecule has 0 spiro atoms. The molecule has 2 amide bonds. The number of hydrogen-bond acceptors (Lipinski definition) is 4. The Balaban J connectivity index is 1.81. The zero-order valence-corrected chi connectivity index (χ0v) is 27.2.